The molecule has 1 heterocycles. The van der Waals surface area contributed by atoms with E-state index < -0.39 is 39.3 Å². The molecule has 0 bridgehead atoms. The molecule has 2 aromatic carbocycles. The van der Waals surface area contributed by atoms with Crippen molar-refractivity contribution in [1.82, 2.24) is 14.9 Å². The Morgan fingerprint density at radius 3 is 2.43 bits per heavy atom. The fourth-order valence-electron chi connectivity index (χ4n) is 3.42. The number of amides is 2. The van der Waals surface area contributed by atoms with Crippen LogP contribution in [-0.2, 0) is 27.5 Å². The standard InChI is InChI=1S/C25H29FN4O4S/c1-34-15-17-5-7-18(8-6-17)24(29-22(31)14-30-16-27-12-11-23(30)32)25(33)28-19-9-10-21(20(26)13-19)35(2,3)4/h5-13,16,24H,14-15H2,1-4H3,(H,28,33)(H,29,31). The summed E-state index contributed by atoms with van der Waals surface area (Å²) < 4.78 is 20.9. The summed E-state index contributed by atoms with van der Waals surface area (Å²) in [5, 5.41) is 5.36. The minimum Gasteiger partial charge on any atom is -0.380 e. The number of ether oxygens (including phenoxy) is 1. The van der Waals surface area contributed by atoms with Crippen LogP contribution in [0.3, 0.4) is 0 Å². The molecule has 1 atom stereocenters. The molecule has 10 heteroatoms. The van der Waals surface area contributed by atoms with Crippen LogP contribution < -0.4 is 16.2 Å². The minimum atomic E-state index is -1.28. The van der Waals surface area contributed by atoms with Gasteiger partial charge in [0.2, 0.25) is 5.91 Å². The van der Waals surface area contributed by atoms with E-state index in [1.165, 1.54) is 24.7 Å². The minimum absolute atomic E-state index is 0.277. The summed E-state index contributed by atoms with van der Waals surface area (Å²) >= 11 is 0. The van der Waals surface area contributed by atoms with Crippen LogP contribution in [0, 0.1) is 5.82 Å². The van der Waals surface area contributed by atoms with E-state index in [4.69, 9.17) is 4.74 Å². The van der Waals surface area contributed by atoms with Crippen LogP contribution in [0.4, 0.5) is 10.1 Å². The quantitative estimate of drug-likeness (QED) is 0.470. The largest absolute Gasteiger partial charge is 0.380 e. The zero-order chi connectivity index (χ0) is 25.6. The highest BCUT2D eigenvalue weighted by molar-refractivity contribution is 8.32. The van der Waals surface area contributed by atoms with E-state index in [0.717, 1.165) is 10.1 Å². The van der Waals surface area contributed by atoms with Gasteiger partial charge >= 0.3 is 0 Å². The van der Waals surface area contributed by atoms with Crippen LogP contribution in [0.2, 0.25) is 0 Å². The normalized spacial score (nSPS) is 12.6. The third-order valence-corrected chi connectivity index (χ3v) is 6.81. The van der Waals surface area contributed by atoms with E-state index in [9.17, 15) is 18.8 Å². The van der Waals surface area contributed by atoms with Gasteiger partial charge in [-0.2, -0.15) is 0 Å². The second-order valence-corrected chi connectivity index (χ2v) is 12.8. The van der Waals surface area contributed by atoms with E-state index in [1.54, 1.807) is 43.5 Å². The fourth-order valence-corrected chi connectivity index (χ4v) is 4.54. The Hall–Kier alpha value is -3.50. The Bertz CT molecular complexity index is 1260. The molecule has 2 amide bonds. The molecule has 0 saturated heterocycles. The van der Waals surface area contributed by atoms with Gasteiger partial charge in [-0.3, -0.25) is 19.0 Å². The lowest BCUT2D eigenvalue weighted by Gasteiger charge is -2.26. The Labute approximate surface area is 204 Å². The van der Waals surface area contributed by atoms with Gasteiger partial charge in [-0.05, 0) is 48.1 Å². The molecule has 0 aliphatic rings. The summed E-state index contributed by atoms with van der Waals surface area (Å²) in [7, 11) is 0.296. The van der Waals surface area contributed by atoms with Crippen LogP contribution in [0.1, 0.15) is 17.2 Å². The Balaban J connectivity index is 1.85. The summed E-state index contributed by atoms with van der Waals surface area (Å²) in [6, 6.07) is 11.7. The van der Waals surface area contributed by atoms with Crippen molar-refractivity contribution in [3.05, 3.63) is 88.4 Å². The average Bonchev–Trinajstić information content (AvgIpc) is 2.79. The lowest BCUT2D eigenvalue weighted by Crippen LogP contribution is -2.40. The molecule has 0 fully saturated rings. The number of nitrogens with one attached hydrogen (secondary N) is 2. The van der Waals surface area contributed by atoms with Crippen LogP contribution >= 0.6 is 10.0 Å². The topological polar surface area (TPSA) is 102 Å². The summed E-state index contributed by atoms with van der Waals surface area (Å²) in [6.45, 7) is 0.0880. The highest BCUT2D eigenvalue weighted by Gasteiger charge is 2.24. The van der Waals surface area contributed by atoms with Crippen LogP contribution in [0.25, 0.3) is 0 Å². The first-order valence-corrected chi connectivity index (χ1v) is 13.6. The Morgan fingerprint density at radius 1 is 1.11 bits per heavy atom. The van der Waals surface area contributed by atoms with Crippen LogP contribution in [0.15, 0.2) is 70.7 Å². The van der Waals surface area contributed by atoms with Gasteiger partial charge in [-0.1, -0.05) is 24.3 Å². The Morgan fingerprint density at radius 2 is 1.83 bits per heavy atom. The molecule has 8 nitrogen and oxygen atoms in total. The van der Waals surface area contributed by atoms with Gasteiger partial charge in [0.1, 0.15) is 18.4 Å². The maximum absolute atomic E-state index is 14.7. The first-order chi connectivity index (χ1) is 16.6. The van der Waals surface area contributed by atoms with Crippen molar-refractivity contribution in [3.8, 4) is 0 Å². The number of halogens is 1. The monoisotopic (exact) mass is 500 g/mol. The molecule has 3 rings (SSSR count). The van der Waals surface area contributed by atoms with Crippen molar-refractivity contribution in [1.29, 1.82) is 0 Å². The number of nitrogens with zero attached hydrogens (tertiary/aromatic N) is 2. The first kappa shape index (κ1) is 26.1. The van der Waals surface area contributed by atoms with Crippen molar-refractivity contribution >= 4 is 27.5 Å². The lowest BCUT2D eigenvalue weighted by atomic mass is 10.0. The van der Waals surface area contributed by atoms with E-state index in [0.29, 0.717) is 17.1 Å². The molecule has 35 heavy (non-hydrogen) atoms. The smallest absolute Gasteiger partial charge is 0.253 e. The summed E-state index contributed by atoms with van der Waals surface area (Å²) in [5.41, 5.74) is 1.30. The molecule has 1 aromatic heterocycles. The third-order valence-electron chi connectivity index (χ3n) is 5.16. The number of hydrogen-bond donors (Lipinski definition) is 2. The van der Waals surface area contributed by atoms with Gasteiger partial charge in [0, 0.05) is 30.0 Å². The zero-order valence-corrected chi connectivity index (χ0v) is 20.9. The highest BCUT2D eigenvalue weighted by Crippen LogP contribution is 2.46. The molecule has 1 unspecified atom stereocenters. The number of carbonyl (C=O) groups excluding carboxylic acids is 2. The number of aromatic nitrogens is 2. The van der Waals surface area contributed by atoms with Gasteiger partial charge in [0.25, 0.3) is 11.5 Å². The fraction of sp³-hybridized carbons (Fsp3) is 0.280. The van der Waals surface area contributed by atoms with Crippen molar-refractivity contribution in [3.63, 3.8) is 0 Å². The molecule has 3 aromatic rings. The van der Waals surface area contributed by atoms with Gasteiger partial charge in [-0.25, -0.2) is 19.4 Å². The average molecular weight is 501 g/mol. The van der Waals surface area contributed by atoms with Gasteiger partial charge in [0.15, 0.2) is 0 Å². The molecule has 0 aliphatic heterocycles. The van der Waals surface area contributed by atoms with Crippen molar-refractivity contribution in [2.24, 2.45) is 0 Å². The number of carbonyl (C=O) groups is 2. The summed E-state index contributed by atoms with van der Waals surface area (Å²) in [5.74, 6) is -1.50. The second kappa shape index (κ2) is 11.3. The number of hydrogen-bond acceptors (Lipinski definition) is 5. The third kappa shape index (κ3) is 7.00. The molecule has 0 spiro atoms. The van der Waals surface area contributed by atoms with Crippen LogP contribution in [-0.4, -0.2) is 47.2 Å². The van der Waals surface area contributed by atoms with E-state index in [2.05, 4.69) is 15.6 Å². The van der Waals surface area contributed by atoms with E-state index in [-0.39, 0.29) is 12.2 Å². The summed E-state index contributed by atoms with van der Waals surface area (Å²) in [4.78, 5) is 42.3. The van der Waals surface area contributed by atoms with Gasteiger partial charge < -0.3 is 15.4 Å². The molecule has 2 N–H and O–H groups in total. The molecule has 0 saturated carbocycles. The molecule has 186 valence electrons. The van der Waals surface area contributed by atoms with Crippen molar-refractivity contribution in [2.75, 3.05) is 31.2 Å². The zero-order valence-electron chi connectivity index (χ0n) is 20.1. The molecular weight excluding hydrogens is 471 g/mol. The molecule has 0 radical (unpaired) electrons. The number of anilines is 1. The highest BCUT2D eigenvalue weighted by atomic mass is 32.3. The SMILES string of the molecule is COCc1ccc(C(NC(=O)Cn2cnccc2=O)C(=O)Nc2ccc(S(C)(C)C)c(F)c2)cc1. The van der Waals surface area contributed by atoms with Gasteiger partial charge in [-0.15, -0.1) is 0 Å². The van der Waals surface area contributed by atoms with Crippen LogP contribution in [0.5, 0.6) is 0 Å². The summed E-state index contributed by atoms with van der Waals surface area (Å²) in [6.07, 6.45) is 8.53. The number of benzene rings is 2. The lowest BCUT2D eigenvalue weighted by molar-refractivity contribution is -0.127. The van der Waals surface area contributed by atoms with Gasteiger partial charge in [0.05, 0.1) is 12.9 Å². The number of methoxy groups -OCH3 is 1. The maximum atomic E-state index is 14.7. The predicted molar refractivity (Wildman–Crippen MR) is 135 cm³/mol. The molecule has 0 aliphatic carbocycles. The number of rotatable bonds is 9. The first-order valence-electron chi connectivity index (χ1n) is 10.7. The second-order valence-electron chi connectivity index (χ2n) is 8.69. The Kier molecular flexibility index (Phi) is 8.42. The maximum Gasteiger partial charge on any atom is 0.253 e. The van der Waals surface area contributed by atoms with Crippen molar-refractivity contribution < 1.29 is 18.7 Å². The van der Waals surface area contributed by atoms with E-state index >= 15 is 0 Å². The molecular formula is C25H29FN4O4S. The van der Waals surface area contributed by atoms with E-state index in [1.807, 2.05) is 18.8 Å². The predicted octanol–water partition coefficient (Wildman–Crippen LogP) is 3.08. The van der Waals surface area contributed by atoms with Crippen molar-refractivity contribution in [2.45, 2.75) is 24.1 Å².